The molecule has 0 atom stereocenters. The van der Waals surface area contributed by atoms with Crippen LogP contribution in [0, 0.1) is 0 Å². The van der Waals surface area contributed by atoms with Crippen molar-refractivity contribution < 1.29 is 18.0 Å². The molecule has 0 fully saturated rings. The molecule has 0 unspecified atom stereocenters. The van der Waals surface area contributed by atoms with Crippen molar-refractivity contribution in [2.45, 2.75) is 13.1 Å². The van der Waals surface area contributed by atoms with Gasteiger partial charge in [-0.05, 0) is 49.4 Å². The number of halogens is 4. The number of carbonyl (C=O) groups is 1. The van der Waals surface area contributed by atoms with Crippen molar-refractivity contribution in [3.63, 3.8) is 0 Å². The molecule has 7 heteroatoms. The summed E-state index contributed by atoms with van der Waals surface area (Å²) < 4.78 is 38.4. The zero-order chi connectivity index (χ0) is 17.0. The third-order valence-electron chi connectivity index (χ3n) is 3.06. The van der Waals surface area contributed by atoms with Gasteiger partial charge in [-0.25, -0.2) is 0 Å². The Morgan fingerprint density at radius 1 is 1.09 bits per heavy atom. The van der Waals surface area contributed by atoms with Gasteiger partial charge in [0.15, 0.2) is 0 Å². The molecule has 0 aromatic heterocycles. The van der Waals surface area contributed by atoms with Crippen LogP contribution < -0.4 is 10.6 Å². The molecule has 122 valence electrons. The predicted octanol–water partition coefficient (Wildman–Crippen LogP) is 5.04. The summed E-state index contributed by atoms with van der Waals surface area (Å²) in [6.07, 6.45) is -4.61. The lowest BCUT2D eigenvalue weighted by Crippen LogP contribution is -2.14. The second-order valence-electron chi connectivity index (χ2n) is 4.75. The fraction of sp³-hybridized carbons (Fsp3) is 0.188. The summed E-state index contributed by atoms with van der Waals surface area (Å²) >= 11 is 5.53. The van der Waals surface area contributed by atoms with Gasteiger partial charge in [-0.3, -0.25) is 4.79 Å². The van der Waals surface area contributed by atoms with Crippen LogP contribution in [0.4, 0.5) is 24.5 Å². The van der Waals surface area contributed by atoms with Gasteiger partial charge in [-0.2, -0.15) is 13.2 Å². The Hall–Kier alpha value is -2.21. The van der Waals surface area contributed by atoms with Gasteiger partial charge in [-0.1, -0.05) is 11.6 Å². The number of amides is 1. The maximum atomic E-state index is 12.8. The van der Waals surface area contributed by atoms with Crippen LogP contribution >= 0.6 is 11.6 Å². The number of anilines is 2. The van der Waals surface area contributed by atoms with E-state index in [2.05, 4.69) is 10.6 Å². The molecule has 0 saturated carbocycles. The molecular formula is C16H14ClF3N2O. The minimum Gasteiger partial charge on any atom is -0.385 e. The highest BCUT2D eigenvalue weighted by atomic mass is 35.5. The first-order valence-electron chi connectivity index (χ1n) is 6.83. The van der Waals surface area contributed by atoms with Gasteiger partial charge in [-0.15, -0.1) is 0 Å². The molecule has 0 aliphatic heterocycles. The van der Waals surface area contributed by atoms with Crippen LogP contribution in [0.1, 0.15) is 22.8 Å². The van der Waals surface area contributed by atoms with E-state index in [0.717, 1.165) is 24.4 Å². The maximum Gasteiger partial charge on any atom is 0.417 e. The van der Waals surface area contributed by atoms with Crippen LogP contribution in [-0.4, -0.2) is 12.5 Å². The molecule has 0 radical (unpaired) electrons. The lowest BCUT2D eigenvalue weighted by atomic mass is 10.1. The average Bonchev–Trinajstić information content (AvgIpc) is 2.48. The van der Waals surface area contributed by atoms with Gasteiger partial charge in [0.25, 0.3) is 5.91 Å². The summed E-state index contributed by atoms with van der Waals surface area (Å²) in [6.45, 7) is 2.71. The van der Waals surface area contributed by atoms with E-state index in [4.69, 9.17) is 11.6 Å². The van der Waals surface area contributed by atoms with Gasteiger partial charge in [0.05, 0.1) is 10.6 Å². The molecule has 2 rings (SSSR count). The van der Waals surface area contributed by atoms with Gasteiger partial charge in [0, 0.05) is 23.5 Å². The molecule has 0 bridgehead atoms. The number of nitrogens with one attached hydrogen (secondary N) is 2. The van der Waals surface area contributed by atoms with E-state index >= 15 is 0 Å². The van der Waals surface area contributed by atoms with E-state index in [9.17, 15) is 18.0 Å². The first kappa shape index (κ1) is 17.1. The number of hydrogen-bond acceptors (Lipinski definition) is 2. The smallest absolute Gasteiger partial charge is 0.385 e. The molecule has 1 amide bonds. The van der Waals surface area contributed by atoms with Crippen LogP contribution in [0.3, 0.4) is 0 Å². The van der Waals surface area contributed by atoms with Crippen LogP contribution in [-0.2, 0) is 6.18 Å². The number of alkyl halides is 3. The second kappa shape index (κ2) is 6.91. The summed E-state index contributed by atoms with van der Waals surface area (Å²) in [5.41, 5.74) is 0.225. The normalized spacial score (nSPS) is 11.2. The van der Waals surface area contributed by atoms with Crippen LogP contribution in [0.5, 0.6) is 0 Å². The third kappa shape index (κ3) is 4.39. The number of benzene rings is 2. The third-order valence-corrected chi connectivity index (χ3v) is 3.39. The van der Waals surface area contributed by atoms with Crippen LogP contribution in [0.25, 0.3) is 0 Å². The number of rotatable bonds is 4. The van der Waals surface area contributed by atoms with Crippen molar-refractivity contribution in [1.82, 2.24) is 0 Å². The monoisotopic (exact) mass is 342 g/mol. The van der Waals surface area contributed by atoms with E-state index < -0.39 is 22.7 Å². The molecule has 23 heavy (non-hydrogen) atoms. The molecule has 0 spiro atoms. The summed E-state index contributed by atoms with van der Waals surface area (Å²) in [4.78, 5) is 12.1. The molecular weight excluding hydrogens is 329 g/mol. The summed E-state index contributed by atoms with van der Waals surface area (Å²) in [5.74, 6) is -0.636. The molecule has 2 aromatic rings. The van der Waals surface area contributed by atoms with E-state index in [-0.39, 0.29) is 5.56 Å². The highest BCUT2D eigenvalue weighted by Gasteiger charge is 2.33. The summed E-state index contributed by atoms with van der Waals surface area (Å²) in [5, 5.41) is 5.21. The van der Waals surface area contributed by atoms with E-state index in [0.29, 0.717) is 5.69 Å². The van der Waals surface area contributed by atoms with Crippen molar-refractivity contribution >= 4 is 28.9 Å². The second-order valence-corrected chi connectivity index (χ2v) is 5.16. The Morgan fingerprint density at radius 2 is 1.70 bits per heavy atom. The van der Waals surface area contributed by atoms with Crippen molar-refractivity contribution in [2.24, 2.45) is 0 Å². The van der Waals surface area contributed by atoms with Crippen molar-refractivity contribution in [3.8, 4) is 0 Å². The Labute approximate surface area is 136 Å². The first-order valence-corrected chi connectivity index (χ1v) is 7.21. The van der Waals surface area contributed by atoms with Gasteiger partial charge < -0.3 is 10.6 Å². The molecule has 3 nitrogen and oxygen atoms in total. The van der Waals surface area contributed by atoms with Gasteiger partial charge in [0.1, 0.15) is 0 Å². The quantitative estimate of drug-likeness (QED) is 0.817. The number of carbonyl (C=O) groups excluding carboxylic acids is 1. The Balaban J connectivity index is 2.17. The summed E-state index contributed by atoms with van der Waals surface area (Å²) in [7, 11) is 0. The number of hydrogen-bond donors (Lipinski definition) is 2. The lowest BCUT2D eigenvalue weighted by Gasteiger charge is -2.11. The Kier molecular flexibility index (Phi) is 5.15. The average molecular weight is 343 g/mol. The zero-order valence-electron chi connectivity index (χ0n) is 12.2. The Bertz CT molecular complexity index is 699. The largest absolute Gasteiger partial charge is 0.417 e. The van der Waals surface area contributed by atoms with Gasteiger partial charge in [0.2, 0.25) is 0 Å². The minimum atomic E-state index is -4.61. The SMILES string of the molecule is CCNc1ccc(NC(=O)c2ccc(Cl)c(C(F)(F)F)c2)cc1. The fourth-order valence-corrected chi connectivity index (χ4v) is 2.19. The minimum absolute atomic E-state index is 0.113. The van der Waals surface area contributed by atoms with Crippen molar-refractivity contribution in [1.29, 1.82) is 0 Å². The van der Waals surface area contributed by atoms with Crippen LogP contribution in [0.2, 0.25) is 5.02 Å². The molecule has 0 aliphatic rings. The van der Waals surface area contributed by atoms with E-state index in [1.54, 1.807) is 24.3 Å². The predicted molar refractivity (Wildman–Crippen MR) is 85.0 cm³/mol. The summed E-state index contributed by atoms with van der Waals surface area (Å²) in [6, 6.07) is 9.91. The fourth-order valence-electron chi connectivity index (χ4n) is 1.96. The van der Waals surface area contributed by atoms with Crippen molar-refractivity contribution in [2.75, 3.05) is 17.2 Å². The highest BCUT2D eigenvalue weighted by molar-refractivity contribution is 6.31. The van der Waals surface area contributed by atoms with E-state index in [1.165, 1.54) is 6.07 Å². The first-order chi connectivity index (χ1) is 10.8. The van der Waals surface area contributed by atoms with Gasteiger partial charge >= 0.3 is 6.18 Å². The molecule has 2 aromatic carbocycles. The maximum absolute atomic E-state index is 12.8. The molecule has 0 heterocycles. The standard InChI is InChI=1S/C16H14ClF3N2O/c1-2-21-11-4-6-12(7-5-11)22-15(23)10-3-8-14(17)13(9-10)16(18,19)20/h3-9,21H,2H2,1H3,(H,22,23). The molecule has 0 aliphatic carbocycles. The lowest BCUT2D eigenvalue weighted by molar-refractivity contribution is -0.137. The van der Waals surface area contributed by atoms with Crippen molar-refractivity contribution in [3.05, 3.63) is 58.6 Å². The van der Waals surface area contributed by atoms with E-state index in [1.807, 2.05) is 6.92 Å². The van der Waals surface area contributed by atoms with Crippen LogP contribution in [0.15, 0.2) is 42.5 Å². The topological polar surface area (TPSA) is 41.1 Å². The Morgan fingerprint density at radius 3 is 2.26 bits per heavy atom. The highest BCUT2D eigenvalue weighted by Crippen LogP contribution is 2.35. The molecule has 2 N–H and O–H groups in total. The zero-order valence-corrected chi connectivity index (χ0v) is 12.9. The molecule has 0 saturated heterocycles.